The van der Waals surface area contributed by atoms with E-state index in [1.807, 2.05) is 25.1 Å². The number of carbonyl (C=O) groups excluding carboxylic acids is 5. The Morgan fingerprint density at radius 3 is 2.07 bits per heavy atom. The van der Waals surface area contributed by atoms with Crippen molar-refractivity contribution in [3.63, 3.8) is 0 Å². The molecular weight excluding hydrogens is 536 g/mol. The van der Waals surface area contributed by atoms with Gasteiger partial charge in [-0.05, 0) is 85.7 Å². The van der Waals surface area contributed by atoms with Crippen molar-refractivity contribution in [3.05, 3.63) is 95.6 Å². The predicted octanol–water partition coefficient (Wildman–Crippen LogP) is 5.12. The van der Waals surface area contributed by atoms with Gasteiger partial charge in [-0.25, -0.2) is 9.59 Å². The van der Waals surface area contributed by atoms with Crippen LogP contribution in [0.2, 0.25) is 0 Å². The minimum Gasteiger partial charge on any atom is -0.462 e. The monoisotopic (exact) mass is 568 g/mol. The van der Waals surface area contributed by atoms with Gasteiger partial charge in [-0.1, -0.05) is 37.3 Å². The number of ether oxygens (including phenoxy) is 2. The molecule has 0 unspecified atom stereocenters. The molecule has 0 spiro atoms. The topological polar surface area (TPSA) is 119 Å². The van der Waals surface area contributed by atoms with E-state index in [-0.39, 0.29) is 35.1 Å². The molecule has 0 radical (unpaired) electrons. The van der Waals surface area contributed by atoms with Gasteiger partial charge >= 0.3 is 11.9 Å². The van der Waals surface area contributed by atoms with E-state index in [1.54, 1.807) is 24.3 Å². The zero-order valence-electron chi connectivity index (χ0n) is 23.3. The summed E-state index contributed by atoms with van der Waals surface area (Å²) in [6.07, 6.45) is 2.87. The zero-order chi connectivity index (χ0) is 29.6. The van der Waals surface area contributed by atoms with Crippen LogP contribution in [0.1, 0.15) is 64.8 Å². The van der Waals surface area contributed by atoms with E-state index in [4.69, 9.17) is 9.47 Å². The zero-order valence-corrected chi connectivity index (χ0v) is 23.3. The normalized spacial score (nSPS) is 19.6. The second kappa shape index (κ2) is 12.8. The number of esters is 2. The molecule has 1 N–H and O–H groups in total. The number of benzene rings is 3. The molecule has 3 amide bonds. The fourth-order valence-corrected chi connectivity index (χ4v) is 5.59. The Hall–Kier alpha value is -4.79. The maximum absolute atomic E-state index is 13.3. The number of fused-ring (bicyclic) bond motifs is 1. The number of amides is 3. The molecule has 1 saturated carbocycles. The third kappa shape index (κ3) is 6.25. The molecule has 9 heteroatoms. The van der Waals surface area contributed by atoms with Gasteiger partial charge in [-0.15, -0.1) is 0 Å². The minimum absolute atomic E-state index is 0.183. The first-order valence-electron chi connectivity index (χ1n) is 14.1. The third-order valence-corrected chi connectivity index (χ3v) is 7.73. The van der Waals surface area contributed by atoms with Crippen LogP contribution >= 0.6 is 0 Å². The van der Waals surface area contributed by atoms with E-state index >= 15 is 0 Å². The third-order valence-electron chi connectivity index (χ3n) is 7.73. The molecule has 2 fully saturated rings. The summed E-state index contributed by atoms with van der Waals surface area (Å²) in [5, 5.41) is 2.60. The van der Waals surface area contributed by atoms with Crippen molar-refractivity contribution >= 4 is 41.0 Å². The predicted molar refractivity (Wildman–Crippen MR) is 155 cm³/mol. The summed E-state index contributed by atoms with van der Waals surface area (Å²) in [7, 11) is 0. The van der Waals surface area contributed by atoms with Crippen LogP contribution in [-0.4, -0.2) is 42.9 Å². The molecule has 3 aromatic carbocycles. The molecule has 42 heavy (non-hydrogen) atoms. The lowest BCUT2D eigenvalue weighted by atomic mass is 9.73. The summed E-state index contributed by atoms with van der Waals surface area (Å²) in [5.74, 6) is -2.55. The number of nitrogens with zero attached hydrogens (tertiary/aromatic N) is 1. The fourth-order valence-electron chi connectivity index (χ4n) is 5.59. The van der Waals surface area contributed by atoms with Crippen LogP contribution in [0.25, 0.3) is 0 Å². The first-order chi connectivity index (χ1) is 20.4. The Morgan fingerprint density at radius 2 is 1.40 bits per heavy atom. The second-order valence-corrected chi connectivity index (χ2v) is 10.5. The van der Waals surface area contributed by atoms with Gasteiger partial charge in [-0.2, -0.15) is 0 Å². The van der Waals surface area contributed by atoms with E-state index in [9.17, 15) is 24.0 Å². The van der Waals surface area contributed by atoms with Crippen LogP contribution < -0.4 is 10.2 Å². The highest BCUT2D eigenvalue weighted by atomic mass is 16.5. The molecular formula is C33H32N2O7. The lowest BCUT2D eigenvalue weighted by Gasteiger charge is -2.28. The van der Waals surface area contributed by atoms with Gasteiger partial charge in [0.15, 0.2) is 6.61 Å². The van der Waals surface area contributed by atoms with Crippen LogP contribution in [0.3, 0.4) is 0 Å². The summed E-state index contributed by atoms with van der Waals surface area (Å²) in [4.78, 5) is 64.5. The van der Waals surface area contributed by atoms with Crippen LogP contribution in [0, 0.1) is 11.8 Å². The average molecular weight is 569 g/mol. The van der Waals surface area contributed by atoms with Crippen LogP contribution in [0.4, 0.5) is 11.4 Å². The highest BCUT2D eigenvalue weighted by Crippen LogP contribution is 2.45. The van der Waals surface area contributed by atoms with Crippen molar-refractivity contribution in [2.24, 2.45) is 11.8 Å². The van der Waals surface area contributed by atoms with E-state index < -0.39 is 24.5 Å². The standard InChI is InChI=1S/C33H32N2O7/c1-2-18-41-32(39)22-8-13-25(14-9-22)34-29(36)20-42-33(40)23-10-15-26(16-11-23)35-30(37)27-17-12-24(19-28(27)31(35)38)21-6-4-3-5-7-21/h3-11,13-16,24,27-28H,2,12,17-20H2,1H3,(H,34,36)/t24-,27+,28+/m0/s1. The number of hydrogen-bond donors (Lipinski definition) is 1. The maximum atomic E-state index is 13.3. The highest BCUT2D eigenvalue weighted by molar-refractivity contribution is 6.22. The summed E-state index contributed by atoms with van der Waals surface area (Å²) in [6.45, 7) is 1.71. The molecule has 216 valence electrons. The maximum Gasteiger partial charge on any atom is 0.338 e. The summed E-state index contributed by atoms with van der Waals surface area (Å²) in [6, 6.07) is 22.3. The second-order valence-electron chi connectivity index (χ2n) is 10.5. The molecule has 3 atom stereocenters. The minimum atomic E-state index is -0.718. The van der Waals surface area contributed by atoms with Crippen LogP contribution in [0.15, 0.2) is 78.9 Å². The largest absolute Gasteiger partial charge is 0.462 e. The van der Waals surface area contributed by atoms with E-state index in [1.165, 1.54) is 34.7 Å². The first kappa shape index (κ1) is 28.7. The van der Waals surface area contributed by atoms with E-state index in [2.05, 4.69) is 17.4 Å². The van der Waals surface area contributed by atoms with Gasteiger partial charge in [-0.3, -0.25) is 19.3 Å². The van der Waals surface area contributed by atoms with Crippen molar-refractivity contribution in [3.8, 4) is 0 Å². The van der Waals surface area contributed by atoms with Crippen molar-refractivity contribution < 1.29 is 33.4 Å². The number of anilines is 2. The van der Waals surface area contributed by atoms with Crippen molar-refractivity contribution in [1.82, 2.24) is 0 Å². The smallest absolute Gasteiger partial charge is 0.338 e. The number of hydrogen-bond acceptors (Lipinski definition) is 7. The van der Waals surface area contributed by atoms with Crippen LogP contribution in [0.5, 0.6) is 0 Å². The Labute approximate surface area is 243 Å². The molecule has 1 aliphatic carbocycles. The number of rotatable bonds is 9. The van der Waals surface area contributed by atoms with Gasteiger partial charge in [0.1, 0.15) is 0 Å². The van der Waals surface area contributed by atoms with Gasteiger partial charge in [0.05, 0.1) is 35.3 Å². The lowest BCUT2D eigenvalue weighted by Crippen LogP contribution is -2.30. The molecule has 5 rings (SSSR count). The fraction of sp³-hybridized carbons (Fsp3) is 0.303. The first-order valence-corrected chi connectivity index (χ1v) is 14.1. The highest BCUT2D eigenvalue weighted by Gasteiger charge is 2.50. The van der Waals surface area contributed by atoms with Gasteiger partial charge < -0.3 is 14.8 Å². The van der Waals surface area contributed by atoms with Crippen molar-refractivity contribution in [1.29, 1.82) is 0 Å². The van der Waals surface area contributed by atoms with Crippen molar-refractivity contribution in [2.75, 3.05) is 23.4 Å². The molecule has 9 nitrogen and oxygen atoms in total. The van der Waals surface area contributed by atoms with E-state index in [0.29, 0.717) is 36.4 Å². The van der Waals surface area contributed by atoms with Gasteiger partial charge in [0.2, 0.25) is 11.8 Å². The number of nitrogens with one attached hydrogen (secondary N) is 1. The van der Waals surface area contributed by atoms with Crippen LogP contribution in [-0.2, 0) is 23.9 Å². The summed E-state index contributed by atoms with van der Waals surface area (Å²) >= 11 is 0. The Morgan fingerprint density at radius 1 is 0.786 bits per heavy atom. The SMILES string of the molecule is CCCOC(=O)c1ccc(NC(=O)COC(=O)c2ccc(N3C(=O)[C@@H]4CC[C@H](c5ccccc5)C[C@H]4C3=O)cc2)cc1. The van der Waals surface area contributed by atoms with Crippen molar-refractivity contribution in [2.45, 2.75) is 38.5 Å². The Kier molecular flexibility index (Phi) is 8.76. The average Bonchev–Trinajstić information content (AvgIpc) is 3.28. The quantitative estimate of drug-likeness (QED) is 0.281. The number of imide groups is 1. The van der Waals surface area contributed by atoms with Gasteiger partial charge in [0, 0.05) is 5.69 Å². The molecule has 0 bridgehead atoms. The summed E-state index contributed by atoms with van der Waals surface area (Å²) in [5.41, 5.74) is 2.58. The van der Waals surface area contributed by atoms with Gasteiger partial charge in [0.25, 0.3) is 5.91 Å². The molecule has 0 aromatic heterocycles. The number of carbonyl (C=O) groups is 5. The molecule has 3 aromatic rings. The molecule has 1 saturated heterocycles. The Bertz CT molecular complexity index is 1470. The molecule has 1 heterocycles. The molecule has 2 aliphatic rings. The molecule has 1 aliphatic heterocycles. The Balaban J connectivity index is 1.14. The summed E-state index contributed by atoms with van der Waals surface area (Å²) < 4.78 is 10.2. The lowest BCUT2D eigenvalue weighted by molar-refractivity contribution is -0.122. The van der Waals surface area contributed by atoms with E-state index in [0.717, 1.165) is 12.8 Å².